The molecule has 1 atom stereocenters. The van der Waals surface area contributed by atoms with Crippen molar-refractivity contribution in [2.75, 3.05) is 6.54 Å². The number of sulfonamides is 1. The Hall–Kier alpha value is -3.20. The summed E-state index contributed by atoms with van der Waals surface area (Å²) in [5.41, 5.74) is 1.61. The van der Waals surface area contributed by atoms with Gasteiger partial charge in [-0.2, -0.15) is 0 Å². The normalized spacial score (nSPS) is 15.5. The highest BCUT2D eigenvalue weighted by atomic mass is 32.2. The minimum atomic E-state index is -3.92. The van der Waals surface area contributed by atoms with Crippen molar-refractivity contribution in [1.82, 2.24) is 14.5 Å². The molecule has 3 rings (SSSR count). The van der Waals surface area contributed by atoms with Gasteiger partial charge in [-0.15, -0.1) is 0 Å². The SMILES string of the molecule is Cc1ccccc1CN(C(=O)CCCN1C(=O)c2ccccc2S1(=O)=O)[C@@H](C)C(=O)NC(C)(C)C. The Morgan fingerprint density at radius 2 is 1.69 bits per heavy atom. The smallest absolute Gasteiger partial charge is 0.269 e. The van der Waals surface area contributed by atoms with Gasteiger partial charge in [0.05, 0.1) is 5.56 Å². The van der Waals surface area contributed by atoms with Gasteiger partial charge in [0.1, 0.15) is 10.9 Å². The van der Waals surface area contributed by atoms with Crippen molar-refractivity contribution >= 4 is 27.7 Å². The Balaban J connectivity index is 1.73. The molecule has 0 spiro atoms. The molecule has 188 valence electrons. The molecule has 1 aliphatic rings. The number of hydrogen-bond donors (Lipinski definition) is 1. The molecule has 3 amide bonds. The van der Waals surface area contributed by atoms with E-state index in [-0.39, 0.29) is 48.2 Å². The monoisotopic (exact) mass is 499 g/mol. The first-order chi connectivity index (χ1) is 16.3. The van der Waals surface area contributed by atoms with Crippen LogP contribution in [-0.4, -0.2) is 53.5 Å². The van der Waals surface area contributed by atoms with Gasteiger partial charge in [0.15, 0.2) is 0 Å². The number of rotatable bonds is 8. The van der Waals surface area contributed by atoms with Crippen LogP contribution in [0.3, 0.4) is 0 Å². The fourth-order valence-electron chi connectivity index (χ4n) is 4.00. The second-order valence-corrected chi connectivity index (χ2v) is 11.7. The fourth-order valence-corrected chi connectivity index (χ4v) is 5.60. The van der Waals surface area contributed by atoms with Gasteiger partial charge in [-0.1, -0.05) is 36.4 Å². The van der Waals surface area contributed by atoms with E-state index in [1.807, 2.05) is 52.0 Å². The molecule has 0 bridgehead atoms. The third-order valence-corrected chi connectivity index (χ3v) is 7.77. The zero-order chi connectivity index (χ0) is 26.0. The highest BCUT2D eigenvalue weighted by molar-refractivity contribution is 7.90. The van der Waals surface area contributed by atoms with Crippen LogP contribution in [0, 0.1) is 6.92 Å². The van der Waals surface area contributed by atoms with E-state index in [0.29, 0.717) is 0 Å². The first-order valence-electron chi connectivity index (χ1n) is 11.6. The van der Waals surface area contributed by atoms with E-state index >= 15 is 0 Å². The molecular formula is C26H33N3O5S. The molecule has 0 saturated carbocycles. The highest BCUT2D eigenvalue weighted by Crippen LogP contribution is 2.30. The van der Waals surface area contributed by atoms with Crippen molar-refractivity contribution < 1.29 is 22.8 Å². The number of carbonyl (C=O) groups is 3. The van der Waals surface area contributed by atoms with Crippen LogP contribution in [0.1, 0.15) is 62.0 Å². The highest BCUT2D eigenvalue weighted by Gasteiger charge is 2.40. The van der Waals surface area contributed by atoms with Gasteiger partial charge in [-0.3, -0.25) is 14.4 Å². The molecule has 1 heterocycles. The number of aryl methyl sites for hydroxylation is 1. The van der Waals surface area contributed by atoms with E-state index in [4.69, 9.17) is 0 Å². The van der Waals surface area contributed by atoms with Crippen LogP contribution in [0.25, 0.3) is 0 Å². The van der Waals surface area contributed by atoms with Crippen molar-refractivity contribution in [1.29, 1.82) is 0 Å². The zero-order valence-corrected chi connectivity index (χ0v) is 21.7. The first-order valence-corrected chi connectivity index (χ1v) is 13.1. The number of carbonyl (C=O) groups excluding carboxylic acids is 3. The Morgan fingerprint density at radius 3 is 2.31 bits per heavy atom. The molecule has 8 nitrogen and oxygen atoms in total. The van der Waals surface area contributed by atoms with Crippen LogP contribution < -0.4 is 5.32 Å². The fraction of sp³-hybridized carbons (Fsp3) is 0.423. The van der Waals surface area contributed by atoms with E-state index in [1.165, 1.54) is 17.0 Å². The molecular weight excluding hydrogens is 466 g/mol. The number of benzene rings is 2. The van der Waals surface area contributed by atoms with Crippen molar-refractivity contribution in [3.63, 3.8) is 0 Å². The topological polar surface area (TPSA) is 104 Å². The minimum Gasteiger partial charge on any atom is -0.350 e. The summed E-state index contributed by atoms with van der Waals surface area (Å²) in [6.45, 7) is 9.38. The van der Waals surface area contributed by atoms with Gasteiger partial charge in [0.2, 0.25) is 11.8 Å². The molecule has 0 unspecified atom stereocenters. The Kier molecular flexibility index (Phi) is 7.69. The van der Waals surface area contributed by atoms with Crippen molar-refractivity contribution in [2.24, 2.45) is 0 Å². The summed E-state index contributed by atoms with van der Waals surface area (Å²) in [5.74, 6) is -1.14. The summed E-state index contributed by atoms with van der Waals surface area (Å²) in [5, 5.41) is 2.92. The molecule has 1 N–H and O–H groups in total. The Bertz CT molecular complexity index is 1230. The molecule has 0 saturated heterocycles. The largest absolute Gasteiger partial charge is 0.350 e. The van der Waals surface area contributed by atoms with Gasteiger partial charge in [0.25, 0.3) is 15.9 Å². The molecule has 0 radical (unpaired) electrons. The zero-order valence-electron chi connectivity index (χ0n) is 20.9. The van der Waals surface area contributed by atoms with Crippen LogP contribution in [-0.2, 0) is 26.2 Å². The number of nitrogens with zero attached hydrogens (tertiary/aromatic N) is 2. The van der Waals surface area contributed by atoms with Crippen LogP contribution in [0.2, 0.25) is 0 Å². The Labute approximate surface area is 207 Å². The summed E-state index contributed by atoms with van der Waals surface area (Å²) in [6.07, 6.45) is 0.143. The van der Waals surface area contributed by atoms with Gasteiger partial charge in [-0.05, 0) is 64.3 Å². The Morgan fingerprint density at radius 1 is 1.06 bits per heavy atom. The van der Waals surface area contributed by atoms with E-state index in [9.17, 15) is 22.8 Å². The second kappa shape index (κ2) is 10.2. The van der Waals surface area contributed by atoms with Gasteiger partial charge in [-0.25, -0.2) is 12.7 Å². The number of hydrogen-bond acceptors (Lipinski definition) is 5. The predicted octanol–water partition coefficient (Wildman–Crippen LogP) is 3.25. The molecule has 0 fully saturated rings. The molecule has 2 aromatic rings. The quantitative estimate of drug-likeness (QED) is 0.601. The number of nitrogens with one attached hydrogen (secondary N) is 1. The van der Waals surface area contributed by atoms with E-state index < -0.39 is 27.5 Å². The number of amides is 3. The van der Waals surface area contributed by atoms with E-state index in [1.54, 1.807) is 19.1 Å². The van der Waals surface area contributed by atoms with Gasteiger partial charge >= 0.3 is 0 Å². The van der Waals surface area contributed by atoms with Crippen molar-refractivity contribution in [2.45, 2.75) is 70.5 Å². The summed E-state index contributed by atoms with van der Waals surface area (Å²) in [6, 6.07) is 13.0. The van der Waals surface area contributed by atoms with Crippen molar-refractivity contribution in [3.8, 4) is 0 Å². The lowest BCUT2D eigenvalue weighted by Crippen LogP contribution is -2.52. The predicted molar refractivity (Wildman–Crippen MR) is 133 cm³/mol. The lowest BCUT2D eigenvalue weighted by molar-refractivity contribution is -0.141. The van der Waals surface area contributed by atoms with Gasteiger partial charge in [0, 0.05) is 25.0 Å². The summed E-state index contributed by atoms with van der Waals surface area (Å²) < 4.78 is 26.4. The standard InChI is InChI=1S/C26H33N3O5S/c1-18-11-6-7-12-20(18)17-28(19(2)24(31)27-26(3,4)5)23(30)15-10-16-29-25(32)21-13-8-9-14-22(21)35(29,33)34/h6-9,11-14,19H,10,15-17H2,1-5H3,(H,27,31)/t19-/m0/s1. The molecule has 0 aliphatic carbocycles. The van der Waals surface area contributed by atoms with Crippen LogP contribution in [0.4, 0.5) is 0 Å². The van der Waals surface area contributed by atoms with E-state index in [0.717, 1.165) is 15.4 Å². The third kappa shape index (κ3) is 5.90. The summed E-state index contributed by atoms with van der Waals surface area (Å²) >= 11 is 0. The average Bonchev–Trinajstić information content (AvgIpc) is 2.97. The van der Waals surface area contributed by atoms with Crippen molar-refractivity contribution in [3.05, 3.63) is 65.2 Å². The molecule has 35 heavy (non-hydrogen) atoms. The number of fused-ring (bicyclic) bond motifs is 1. The maximum atomic E-state index is 13.3. The molecule has 1 aliphatic heterocycles. The lowest BCUT2D eigenvalue weighted by Gasteiger charge is -2.32. The summed E-state index contributed by atoms with van der Waals surface area (Å²) in [4.78, 5) is 40.3. The molecule has 0 aromatic heterocycles. The van der Waals surface area contributed by atoms with Crippen LogP contribution >= 0.6 is 0 Å². The van der Waals surface area contributed by atoms with E-state index in [2.05, 4.69) is 5.32 Å². The van der Waals surface area contributed by atoms with Crippen LogP contribution in [0.15, 0.2) is 53.4 Å². The van der Waals surface area contributed by atoms with Crippen LogP contribution in [0.5, 0.6) is 0 Å². The lowest BCUT2D eigenvalue weighted by atomic mass is 10.1. The third-order valence-electron chi connectivity index (χ3n) is 5.93. The second-order valence-electron chi connectivity index (χ2n) is 9.85. The maximum Gasteiger partial charge on any atom is 0.269 e. The minimum absolute atomic E-state index is 0.00529. The first kappa shape index (κ1) is 26.4. The maximum absolute atomic E-state index is 13.3. The molecule has 2 aromatic carbocycles. The van der Waals surface area contributed by atoms with Gasteiger partial charge < -0.3 is 10.2 Å². The molecule has 9 heteroatoms. The average molecular weight is 500 g/mol. The summed E-state index contributed by atoms with van der Waals surface area (Å²) in [7, 11) is -3.92.